The first kappa shape index (κ1) is 15.4. The van der Waals surface area contributed by atoms with Crippen LogP contribution < -0.4 is 0 Å². The smallest absolute Gasteiger partial charge is 0.327 e. The minimum atomic E-state index is -0.897. The molecule has 20 heavy (non-hydrogen) atoms. The molecule has 0 aromatic heterocycles. The molecule has 2 heterocycles. The number of carboxylic acids is 1. The molecule has 1 N–H and O–H groups in total. The van der Waals surface area contributed by atoms with Crippen LogP contribution in [0, 0.1) is 5.92 Å². The lowest BCUT2D eigenvalue weighted by Crippen LogP contribution is -2.51. The topological polar surface area (TPSA) is 64.1 Å². The second-order valence-corrected chi connectivity index (χ2v) is 6.80. The SMILES string of the molecule is CN(C)CC1CCN(C(=O)N2CSC[C@H]2C(=O)O)CC1. The quantitative estimate of drug-likeness (QED) is 0.837. The molecule has 2 aliphatic heterocycles. The van der Waals surface area contributed by atoms with Gasteiger partial charge in [0, 0.05) is 25.4 Å². The fourth-order valence-electron chi connectivity index (χ4n) is 2.84. The van der Waals surface area contributed by atoms with Crippen LogP contribution in [0.15, 0.2) is 0 Å². The summed E-state index contributed by atoms with van der Waals surface area (Å²) in [6.45, 7) is 2.54. The van der Waals surface area contributed by atoms with Crippen molar-refractivity contribution in [1.29, 1.82) is 0 Å². The van der Waals surface area contributed by atoms with Gasteiger partial charge in [-0.15, -0.1) is 11.8 Å². The predicted octanol–water partition coefficient (Wildman–Crippen LogP) is 0.839. The highest BCUT2D eigenvalue weighted by Crippen LogP contribution is 2.25. The summed E-state index contributed by atoms with van der Waals surface area (Å²) in [5.74, 6) is 0.731. The normalized spacial score (nSPS) is 24.4. The third-order valence-electron chi connectivity index (χ3n) is 3.92. The maximum atomic E-state index is 12.4. The van der Waals surface area contributed by atoms with E-state index < -0.39 is 12.0 Å². The highest BCUT2D eigenvalue weighted by molar-refractivity contribution is 7.99. The molecule has 2 fully saturated rings. The Morgan fingerprint density at radius 2 is 1.95 bits per heavy atom. The van der Waals surface area contributed by atoms with Crippen LogP contribution >= 0.6 is 11.8 Å². The number of hydrogen-bond acceptors (Lipinski definition) is 4. The Morgan fingerprint density at radius 3 is 2.50 bits per heavy atom. The molecule has 2 amide bonds. The van der Waals surface area contributed by atoms with Crippen LogP contribution in [-0.2, 0) is 4.79 Å². The van der Waals surface area contributed by atoms with Crippen molar-refractivity contribution < 1.29 is 14.7 Å². The third-order valence-corrected chi connectivity index (χ3v) is 4.93. The molecule has 114 valence electrons. The summed E-state index contributed by atoms with van der Waals surface area (Å²) in [5.41, 5.74) is 0. The van der Waals surface area contributed by atoms with Gasteiger partial charge in [0.15, 0.2) is 0 Å². The van der Waals surface area contributed by atoms with Crippen LogP contribution in [0.1, 0.15) is 12.8 Å². The molecule has 0 radical (unpaired) electrons. The van der Waals surface area contributed by atoms with E-state index in [9.17, 15) is 9.59 Å². The number of piperidine rings is 1. The van der Waals surface area contributed by atoms with Crippen molar-refractivity contribution in [2.75, 3.05) is 45.4 Å². The number of carbonyl (C=O) groups excluding carboxylic acids is 1. The van der Waals surface area contributed by atoms with E-state index in [4.69, 9.17) is 5.11 Å². The number of carbonyl (C=O) groups is 2. The van der Waals surface area contributed by atoms with Crippen LogP contribution in [0.25, 0.3) is 0 Å². The molecular formula is C13H23N3O3S. The molecule has 2 rings (SSSR count). The number of hydrogen-bond donors (Lipinski definition) is 1. The van der Waals surface area contributed by atoms with Gasteiger partial charge < -0.3 is 19.8 Å². The van der Waals surface area contributed by atoms with Crippen LogP contribution in [0.2, 0.25) is 0 Å². The molecule has 2 aliphatic rings. The zero-order valence-corrected chi connectivity index (χ0v) is 12.9. The van der Waals surface area contributed by atoms with Gasteiger partial charge in [-0.05, 0) is 32.9 Å². The Kier molecular flexibility index (Phi) is 5.15. The standard InChI is InChI=1S/C13H23N3O3S/c1-14(2)7-10-3-5-15(6-4-10)13(19)16-9-20-8-11(16)12(17)18/h10-11H,3-9H2,1-2H3,(H,17,18)/t11-/m0/s1. The molecule has 0 aliphatic carbocycles. The maximum absolute atomic E-state index is 12.4. The van der Waals surface area contributed by atoms with Crippen LogP contribution in [0.3, 0.4) is 0 Å². The van der Waals surface area contributed by atoms with Crippen molar-refractivity contribution in [3.8, 4) is 0 Å². The van der Waals surface area contributed by atoms with Crippen molar-refractivity contribution in [2.24, 2.45) is 5.92 Å². The van der Waals surface area contributed by atoms with Crippen LogP contribution in [0.5, 0.6) is 0 Å². The fraction of sp³-hybridized carbons (Fsp3) is 0.846. The lowest BCUT2D eigenvalue weighted by Gasteiger charge is -2.36. The van der Waals surface area contributed by atoms with Crippen molar-refractivity contribution in [3.63, 3.8) is 0 Å². The monoisotopic (exact) mass is 301 g/mol. The Bertz CT molecular complexity index is 370. The first-order valence-corrected chi connectivity index (χ1v) is 8.15. The summed E-state index contributed by atoms with van der Waals surface area (Å²) >= 11 is 1.51. The Balaban J connectivity index is 1.87. The van der Waals surface area contributed by atoms with E-state index in [1.165, 1.54) is 16.7 Å². The van der Waals surface area contributed by atoms with Gasteiger partial charge in [-0.3, -0.25) is 0 Å². The van der Waals surface area contributed by atoms with Crippen molar-refractivity contribution in [1.82, 2.24) is 14.7 Å². The molecular weight excluding hydrogens is 278 g/mol. The number of likely N-dealkylation sites (tertiary alicyclic amines) is 1. The van der Waals surface area contributed by atoms with E-state index in [1.807, 2.05) is 4.90 Å². The molecule has 0 saturated carbocycles. The van der Waals surface area contributed by atoms with E-state index in [2.05, 4.69) is 19.0 Å². The lowest BCUT2D eigenvalue weighted by atomic mass is 9.96. The summed E-state index contributed by atoms with van der Waals surface area (Å²) in [5, 5.41) is 9.14. The highest BCUT2D eigenvalue weighted by atomic mass is 32.2. The van der Waals surface area contributed by atoms with E-state index in [1.54, 1.807) is 0 Å². The van der Waals surface area contributed by atoms with Crippen molar-refractivity contribution in [2.45, 2.75) is 18.9 Å². The number of aliphatic carboxylic acids is 1. The number of nitrogens with zero attached hydrogens (tertiary/aromatic N) is 3. The molecule has 7 heteroatoms. The van der Waals surface area contributed by atoms with Crippen molar-refractivity contribution in [3.05, 3.63) is 0 Å². The lowest BCUT2D eigenvalue weighted by molar-refractivity contribution is -0.141. The van der Waals surface area contributed by atoms with Gasteiger partial charge in [-0.25, -0.2) is 9.59 Å². The number of amides is 2. The Hall–Kier alpha value is -0.950. The molecule has 0 aromatic rings. The minimum Gasteiger partial charge on any atom is -0.480 e. The summed E-state index contributed by atoms with van der Waals surface area (Å²) in [6.07, 6.45) is 2.01. The second kappa shape index (κ2) is 6.67. The maximum Gasteiger partial charge on any atom is 0.327 e. The zero-order valence-electron chi connectivity index (χ0n) is 12.1. The van der Waals surface area contributed by atoms with Crippen molar-refractivity contribution >= 4 is 23.8 Å². The molecule has 1 atom stereocenters. The largest absolute Gasteiger partial charge is 0.480 e. The Labute approximate surface area is 124 Å². The first-order valence-electron chi connectivity index (χ1n) is 7.00. The van der Waals surface area contributed by atoms with Gasteiger partial charge in [0.25, 0.3) is 0 Å². The fourth-order valence-corrected chi connectivity index (χ4v) is 3.98. The molecule has 0 aromatic carbocycles. The highest BCUT2D eigenvalue weighted by Gasteiger charge is 2.37. The van der Waals surface area contributed by atoms with Crippen LogP contribution in [-0.4, -0.2) is 83.2 Å². The third kappa shape index (κ3) is 3.58. The number of carboxylic acid groups (broad SMARTS) is 1. The average molecular weight is 301 g/mol. The second-order valence-electron chi connectivity index (χ2n) is 5.80. The number of rotatable bonds is 3. The summed E-state index contributed by atoms with van der Waals surface area (Å²) in [4.78, 5) is 29.0. The van der Waals surface area contributed by atoms with E-state index >= 15 is 0 Å². The first-order chi connectivity index (χ1) is 9.49. The molecule has 0 bridgehead atoms. The van der Waals surface area contributed by atoms with E-state index in [0.717, 1.165) is 32.5 Å². The van der Waals surface area contributed by atoms with Gasteiger partial charge in [0.2, 0.25) is 0 Å². The minimum absolute atomic E-state index is 0.106. The van der Waals surface area contributed by atoms with E-state index in [-0.39, 0.29) is 6.03 Å². The van der Waals surface area contributed by atoms with Gasteiger partial charge in [-0.1, -0.05) is 0 Å². The summed E-state index contributed by atoms with van der Waals surface area (Å²) in [6, 6.07) is -0.766. The number of thioether (sulfide) groups is 1. The molecule has 0 unspecified atom stereocenters. The summed E-state index contributed by atoms with van der Waals surface area (Å²) < 4.78 is 0. The zero-order chi connectivity index (χ0) is 14.7. The van der Waals surface area contributed by atoms with Gasteiger partial charge in [-0.2, -0.15) is 0 Å². The Morgan fingerprint density at radius 1 is 1.30 bits per heavy atom. The number of urea groups is 1. The van der Waals surface area contributed by atoms with Gasteiger partial charge in [0.1, 0.15) is 6.04 Å². The van der Waals surface area contributed by atoms with Gasteiger partial charge >= 0.3 is 12.0 Å². The van der Waals surface area contributed by atoms with Gasteiger partial charge in [0.05, 0.1) is 5.88 Å². The molecule has 2 saturated heterocycles. The van der Waals surface area contributed by atoms with E-state index in [0.29, 0.717) is 17.5 Å². The summed E-state index contributed by atoms with van der Waals surface area (Å²) in [7, 11) is 4.13. The van der Waals surface area contributed by atoms with Crippen LogP contribution in [0.4, 0.5) is 4.79 Å². The average Bonchev–Trinajstić information content (AvgIpc) is 2.87. The predicted molar refractivity (Wildman–Crippen MR) is 78.8 cm³/mol. The molecule has 6 nitrogen and oxygen atoms in total. The molecule has 0 spiro atoms.